The Kier molecular flexibility index (Phi) is 5.97. The molecule has 1 amide bonds. The highest BCUT2D eigenvalue weighted by Gasteiger charge is 2.25. The van der Waals surface area contributed by atoms with Gasteiger partial charge in [-0.3, -0.25) is 14.4 Å². The van der Waals surface area contributed by atoms with Gasteiger partial charge in [-0.1, -0.05) is 0 Å². The van der Waals surface area contributed by atoms with Crippen LogP contribution in [-0.4, -0.2) is 51.5 Å². The lowest BCUT2D eigenvalue weighted by Crippen LogP contribution is -2.34. The molecule has 1 aliphatic rings. The Morgan fingerprint density at radius 3 is 2.60 bits per heavy atom. The van der Waals surface area contributed by atoms with E-state index in [0.717, 1.165) is 12.1 Å². The van der Waals surface area contributed by atoms with Crippen LogP contribution >= 0.6 is 0 Å². The fourth-order valence-corrected chi connectivity index (χ4v) is 2.61. The zero-order valence-electron chi connectivity index (χ0n) is 13.8. The number of ketones is 2. The molecule has 2 rings (SSSR count). The molecule has 0 aliphatic carbocycles. The van der Waals surface area contributed by atoms with E-state index in [1.807, 2.05) is 0 Å². The Balaban J connectivity index is 2.31. The Hall–Kier alpha value is -2.61. The van der Waals surface area contributed by atoms with E-state index in [2.05, 4.69) is 5.32 Å². The number of Topliss-reactive ketones (excluding diaryl/α,β-unsaturated/α-hetero) is 2. The Bertz CT molecular complexity index is 686. The quantitative estimate of drug-likeness (QED) is 0.505. The fraction of sp³-hybridized carbons (Fsp3) is 0.471. The van der Waals surface area contributed by atoms with E-state index in [9.17, 15) is 29.7 Å². The van der Waals surface area contributed by atoms with Crippen molar-refractivity contribution in [2.24, 2.45) is 0 Å². The van der Waals surface area contributed by atoms with E-state index in [4.69, 9.17) is 4.74 Å². The second kappa shape index (κ2) is 7.98. The summed E-state index contributed by atoms with van der Waals surface area (Å²) in [5.74, 6) is -3.08. The molecule has 2 atom stereocenters. The lowest BCUT2D eigenvalue weighted by atomic mass is 10.0. The topological polar surface area (TPSA) is 133 Å². The van der Waals surface area contributed by atoms with Gasteiger partial charge in [0.1, 0.15) is 28.9 Å². The summed E-state index contributed by atoms with van der Waals surface area (Å²) >= 11 is 0. The first-order valence-corrected chi connectivity index (χ1v) is 8.04. The Morgan fingerprint density at radius 1 is 1.16 bits per heavy atom. The zero-order chi connectivity index (χ0) is 18.6. The maximum Gasteiger partial charge on any atom is 0.259 e. The summed E-state index contributed by atoms with van der Waals surface area (Å²) in [7, 11) is 0. The van der Waals surface area contributed by atoms with Crippen LogP contribution in [0.4, 0.5) is 0 Å². The number of hydrogen-bond donors (Lipinski definition) is 4. The van der Waals surface area contributed by atoms with E-state index < -0.39 is 29.3 Å². The van der Waals surface area contributed by atoms with Crippen molar-refractivity contribution in [3.8, 4) is 17.2 Å². The third-order valence-corrected chi connectivity index (χ3v) is 3.95. The number of amides is 1. The SMILES string of the molecule is C[C@H]1CCCC(O)C(=O)C(=O)CCOc2cc(O)cc(O)c2C(=O)N1. The Labute approximate surface area is 144 Å². The van der Waals surface area contributed by atoms with Crippen LogP contribution in [0.15, 0.2) is 12.1 Å². The molecule has 1 aliphatic heterocycles. The molecule has 8 heteroatoms. The minimum atomic E-state index is -1.36. The molecule has 1 aromatic carbocycles. The number of fused-ring (bicyclic) bond motifs is 1. The lowest BCUT2D eigenvalue weighted by molar-refractivity contribution is -0.142. The fourth-order valence-electron chi connectivity index (χ4n) is 2.61. The van der Waals surface area contributed by atoms with Gasteiger partial charge in [-0.2, -0.15) is 0 Å². The second-order valence-corrected chi connectivity index (χ2v) is 6.05. The van der Waals surface area contributed by atoms with Gasteiger partial charge in [0.15, 0.2) is 0 Å². The number of hydrogen-bond acceptors (Lipinski definition) is 7. The summed E-state index contributed by atoms with van der Waals surface area (Å²) in [5, 5.41) is 32.0. The summed E-state index contributed by atoms with van der Waals surface area (Å²) in [4.78, 5) is 36.0. The molecule has 8 nitrogen and oxygen atoms in total. The first-order valence-electron chi connectivity index (χ1n) is 8.04. The average molecular weight is 351 g/mol. The first-order chi connectivity index (χ1) is 11.8. The molecule has 0 saturated heterocycles. The summed E-state index contributed by atoms with van der Waals surface area (Å²) in [5.41, 5.74) is -0.152. The summed E-state index contributed by atoms with van der Waals surface area (Å²) < 4.78 is 5.32. The highest BCUT2D eigenvalue weighted by Crippen LogP contribution is 2.33. The van der Waals surface area contributed by atoms with Crippen LogP contribution in [0.5, 0.6) is 17.2 Å². The summed E-state index contributed by atoms with van der Waals surface area (Å²) in [6, 6.07) is 1.86. The monoisotopic (exact) mass is 351 g/mol. The number of rotatable bonds is 0. The number of ether oxygens (including phenoxy) is 1. The third-order valence-electron chi connectivity index (χ3n) is 3.95. The first kappa shape index (κ1) is 18.7. The number of carbonyl (C=O) groups excluding carboxylic acids is 3. The highest BCUT2D eigenvalue weighted by atomic mass is 16.5. The van der Waals surface area contributed by atoms with Gasteiger partial charge in [-0.25, -0.2) is 0 Å². The van der Waals surface area contributed by atoms with Gasteiger partial charge in [0.2, 0.25) is 11.6 Å². The number of aromatic hydroxyl groups is 2. The number of aliphatic hydroxyl groups is 1. The summed E-state index contributed by atoms with van der Waals surface area (Å²) in [6.45, 7) is 1.50. The molecule has 0 radical (unpaired) electrons. The Morgan fingerprint density at radius 2 is 1.88 bits per heavy atom. The molecule has 0 fully saturated rings. The van der Waals surface area contributed by atoms with Crippen LogP contribution in [0.1, 0.15) is 43.0 Å². The van der Waals surface area contributed by atoms with Crippen molar-refractivity contribution in [3.63, 3.8) is 0 Å². The van der Waals surface area contributed by atoms with Crippen LogP contribution in [0.3, 0.4) is 0 Å². The molecule has 0 saturated carbocycles. The van der Waals surface area contributed by atoms with E-state index in [1.54, 1.807) is 6.92 Å². The predicted molar refractivity (Wildman–Crippen MR) is 86.7 cm³/mol. The van der Waals surface area contributed by atoms with Crippen LogP contribution < -0.4 is 10.1 Å². The summed E-state index contributed by atoms with van der Waals surface area (Å²) in [6.07, 6.45) is -0.615. The predicted octanol–water partition coefficient (Wildman–Crippen LogP) is 0.668. The van der Waals surface area contributed by atoms with Crippen molar-refractivity contribution < 1.29 is 34.4 Å². The maximum atomic E-state index is 12.4. The van der Waals surface area contributed by atoms with E-state index in [-0.39, 0.29) is 42.6 Å². The second-order valence-electron chi connectivity index (χ2n) is 6.05. The smallest absolute Gasteiger partial charge is 0.259 e. The van der Waals surface area contributed by atoms with Gasteiger partial charge in [-0.15, -0.1) is 0 Å². The van der Waals surface area contributed by atoms with Crippen molar-refractivity contribution >= 4 is 17.5 Å². The molecule has 0 bridgehead atoms. The normalized spacial score (nSPS) is 23.2. The number of phenols is 2. The number of aliphatic hydroxyl groups excluding tert-OH is 1. The molecule has 0 aromatic heterocycles. The molecule has 1 aromatic rings. The molecule has 4 N–H and O–H groups in total. The third kappa shape index (κ3) is 4.69. The number of carbonyl (C=O) groups is 3. The van der Waals surface area contributed by atoms with Crippen LogP contribution in [0.2, 0.25) is 0 Å². The maximum absolute atomic E-state index is 12.4. The van der Waals surface area contributed by atoms with E-state index in [0.29, 0.717) is 12.8 Å². The average Bonchev–Trinajstić information content (AvgIpc) is 2.52. The molecule has 25 heavy (non-hydrogen) atoms. The van der Waals surface area contributed by atoms with Gasteiger partial charge in [0.05, 0.1) is 6.61 Å². The highest BCUT2D eigenvalue weighted by molar-refractivity contribution is 6.38. The number of benzene rings is 1. The van der Waals surface area contributed by atoms with E-state index in [1.165, 1.54) is 0 Å². The lowest BCUT2D eigenvalue weighted by Gasteiger charge is -2.18. The van der Waals surface area contributed by atoms with Gasteiger partial charge >= 0.3 is 0 Å². The van der Waals surface area contributed by atoms with Crippen molar-refractivity contribution in [2.75, 3.05) is 6.61 Å². The number of nitrogens with one attached hydrogen (secondary N) is 1. The van der Waals surface area contributed by atoms with Crippen LogP contribution in [-0.2, 0) is 9.59 Å². The molecular formula is C17H21NO7. The zero-order valence-corrected chi connectivity index (χ0v) is 13.8. The molecule has 1 heterocycles. The van der Waals surface area contributed by atoms with Gasteiger partial charge < -0.3 is 25.4 Å². The van der Waals surface area contributed by atoms with Crippen LogP contribution in [0.25, 0.3) is 0 Å². The van der Waals surface area contributed by atoms with Crippen molar-refractivity contribution in [1.82, 2.24) is 5.32 Å². The number of phenolic OH excluding ortho intramolecular Hbond substituents is 2. The molecule has 136 valence electrons. The van der Waals surface area contributed by atoms with Crippen molar-refractivity contribution in [2.45, 2.75) is 44.8 Å². The van der Waals surface area contributed by atoms with Gasteiger partial charge in [0, 0.05) is 24.6 Å². The van der Waals surface area contributed by atoms with Crippen LogP contribution in [0, 0.1) is 0 Å². The largest absolute Gasteiger partial charge is 0.508 e. The standard InChI is InChI=1S/C17H21NO7/c1-9-3-2-4-11(20)16(23)12(21)5-6-25-14-8-10(19)7-13(22)15(14)17(24)18-9/h7-9,11,19-20,22H,2-6H2,1H3,(H,18,24)/t9-,11?/m0/s1. The minimum Gasteiger partial charge on any atom is -0.508 e. The van der Waals surface area contributed by atoms with Crippen molar-refractivity contribution in [1.29, 1.82) is 0 Å². The minimum absolute atomic E-state index is 0.0972. The van der Waals surface area contributed by atoms with Crippen molar-refractivity contribution in [3.05, 3.63) is 17.7 Å². The molecule has 1 unspecified atom stereocenters. The molecule has 0 spiro atoms. The van der Waals surface area contributed by atoms with Gasteiger partial charge in [-0.05, 0) is 26.2 Å². The van der Waals surface area contributed by atoms with Gasteiger partial charge in [0.25, 0.3) is 5.91 Å². The molecular weight excluding hydrogens is 330 g/mol. The van der Waals surface area contributed by atoms with E-state index >= 15 is 0 Å².